The van der Waals surface area contributed by atoms with E-state index in [1.165, 1.54) is 0 Å². The van der Waals surface area contributed by atoms with E-state index in [0.29, 0.717) is 5.82 Å². The number of anilines is 1. The highest BCUT2D eigenvalue weighted by atomic mass is 19.1. The molecule has 0 saturated carbocycles. The molecule has 0 aliphatic rings. The number of nitrogens with one attached hydrogen (secondary N) is 2. The molecule has 0 radical (unpaired) electrons. The minimum Gasteiger partial charge on any atom is -0.340 e. The first-order valence-electron chi connectivity index (χ1n) is 7.78. The van der Waals surface area contributed by atoms with E-state index >= 15 is 0 Å². The number of pyridine rings is 1. The first-order chi connectivity index (χ1) is 11.8. The Morgan fingerprint density at radius 1 is 1.08 bits per heavy atom. The van der Waals surface area contributed by atoms with Gasteiger partial charge in [0.25, 0.3) is 5.91 Å². The smallest absolute Gasteiger partial charge is 0.257 e. The summed E-state index contributed by atoms with van der Waals surface area (Å²) in [5, 5.41) is 4.97. The topological polar surface area (TPSA) is 71.1 Å². The molecule has 1 unspecified atom stereocenters. The van der Waals surface area contributed by atoms with Crippen LogP contribution < -0.4 is 10.6 Å². The van der Waals surface area contributed by atoms with E-state index in [9.17, 15) is 18.4 Å². The van der Waals surface area contributed by atoms with Gasteiger partial charge in [0.1, 0.15) is 29.1 Å². The van der Waals surface area contributed by atoms with Gasteiger partial charge in [-0.2, -0.15) is 0 Å². The lowest BCUT2D eigenvalue weighted by Gasteiger charge is -2.21. The van der Waals surface area contributed by atoms with E-state index < -0.39 is 35.1 Å². The highest BCUT2D eigenvalue weighted by molar-refractivity contribution is 6.01. The van der Waals surface area contributed by atoms with E-state index in [0.717, 1.165) is 23.8 Å². The average Bonchev–Trinajstić information content (AvgIpc) is 2.54. The maximum atomic E-state index is 13.7. The molecule has 1 heterocycles. The van der Waals surface area contributed by atoms with Gasteiger partial charge < -0.3 is 10.6 Å². The summed E-state index contributed by atoms with van der Waals surface area (Å²) in [5.41, 5.74) is 0.219. The van der Waals surface area contributed by atoms with Crippen LogP contribution in [0.2, 0.25) is 0 Å². The van der Waals surface area contributed by atoms with Crippen molar-refractivity contribution in [3.8, 4) is 0 Å². The molecular weight excluding hydrogens is 328 g/mol. The molecule has 1 aromatic carbocycles. The highest BCUT2D eigenvalue weighted by Crippen LogP contribution is 2.14. The quantitative estimate of drug-likeness (QED) is 0.873. The first kappa shape index (κ1) is 18.5. The molecule has 0 bridgehead atoms. The summed E-state index contributed by atoms with van der Waals surface area (Å²) >= 11 is 0. The van der Waals surface area contributed by atoms with Crippen LogP contribution in [-0.2, 0) is 4.79 Å². The zero-order valence-electron chi connectivity index (χ0n) is 14.1. The molecule has 2 amide bonds. The van der Waals surface area contributed by atoms with Gasteiger partial charge in [-0.15, -0.1) is 0 Å². The number of rotatable bonds is 5. The summed E-state index contributed by atoms with van der Waals surface area (Å²) in [6.45, 7) is 5.29. The van der Waals surface area contributed by atoms with Crippen molar-refractivity contribution < 1.29 is 18.4 Å². The lowest BCUT2D eigenvalue weighted by Crippen LogP contribution is -2.47. The van der Waals surface area contributed by atoms with Crippen LogP contribution in [0.3, 0.4) is 0 Å². The van der Waals surface area contributed by atoms with E-state index in [1.54, 1.807) is 32.2 Å². The Hall–Kier alpha value is -2.83. The second kappa shape index (κ2) is 7.83. The third-order valence-corrected chi connectivity index (χ3v) is 3.59. The van der Waals surface area contributed by atoms with Gasteiger partial charge >= 0.3 is 0 Å². The minimum atomic E-state index is -0.986. The van der Waals surface area contributed by atoms with Gasteiger partial charge in [0, 0.05) is 6.20 Å². The second-order valence-electron chi connectivity index (χ2n) is 6.00. The number of hydrogen-bond acceptors (Lipinski definition) is 3. The lowest BCUT2D eigenvalue weighted by molar-refractivity contribution is -0.118. The molecule has 0 spiro atoms. The number of hydrogen-bond donors (Lipinski definition) is 2. The summed E-state index contributed by atoms with van der Waals surface area (Å²) in [5.74, 6) is -3.45. The van der Waals surface area contributed by atoms with E-state index in [1.807, 2.05) is 6.92 Å². The van der Waals surface area contributed by atoms with Crippen LogP contribution in [0.4, 0.5) is 14.6 Å². The molecule has 1 aromatic heterocycles. The van der Waals surface area contributed by atoms with Crippen molar-refractivity contribution in [3.63, 3.8) is 0 Å². The fourth-order valence-corrected chi connectivity index (χ4v) is 2.21. The van der Waals surface area contributed by atoms with Gasteiger partial charge in [0.2, 0.25) is 5.91 Å². The molecule has 7 heteroatoms. The van der Waals surface area contributed by atoms with E-state index in [4.69, 9.17) is 0 Å². The maximum Gasteiger partial charge on any atom is 0.257 e. The van der Waals surface area contributed by atoms with Gasteiger partial charge in [-0.05, 0) is 36.6 Å². The largest absolute Gasteiger partial charge is 0.340 e. The molecular formula is C18H19F2N3O2. The van der Waals surface area contributed by atoms with Gasteiger partial charge in [0.05, 0.1) is 0 Å². The fourth-order valence-electron chi connectivity index (χ4n) is 2.21. The third-order valence-electron chi connectivity index (χ3n) is 3.59. The summed E-state index contributed by atoms with van der Waals surface area (Å²) < 4.78 is 27.5. The number of aromatic nitrogens is 1. The maximum absolute atomic E-state index is 13.7. The average molecular weight is 347 g/mol. The standard InChI is InChI=1S/C18H19F2N3O2/c1-10(2)16(18(25)22-14-8-7-11(3)9-21-14)23-17(24)15-12(19)5-4-6-13(15)20/h4-10,16H,1-3H3,(H,23,24)(H,21,22,25). The monoisotopic (exact) mass is 347 g/mol. The Morgan fingerprint density at radius 2 is 1.72 bits per heavy atom. The minimum absolute atomic E-state index is 0.302. The molecule has 2 rings (SSSR count). The van der Waals surface area contributed by atoms with Gasteiger partial charge in [0.15, 0.2) is 0 Å². The lowest BCUT2D eigenvalue weighted by atomic mass is 10.0. The summed E-state index contributed by atoms with van der Waals surface area (Å²) in [6, 6.07) is 5.56. The van der Waals surface area contributed by atoms with Crippen LogP contribution in [-0.4, -0.2) is 22.8 Å². The number of nitrogens with zero attached hydrogens (tertiary/aromatic N) is 1. The van der Waals surface area contributed by atoms with Crippen molar-refractivity contribution in [2.75, 3.05) is 5.32 Å². The number of amides is 2. The SMILES string of the molecule is Cc1ccc(NC(=O)C(NC(=O)c2c(F)cccc2F)C(C)C)nc1. The zero-order valence-corrected chi connectivity index (χ0v) is 14.1. The van der Waals surface area contributed by atoms with E-state index in [-0.39, 0.29) is 5.92 Å². The van der Waals surface area contributed by atoms with Crippen LogP contribution >= 0.6 is 0 Å². The van der Waals surface area contributed by atoms with Crippen molar-refractivity contribution in [2.45, 2.75) is 26.8 Å². The molecule has 25 heavy (non-hydrogen) atoms. The Morgan fingerprint density at radius 3 is 2.24 bits per heavy atom. The summed E-state index contributed by atoms with van der Waals surface area (Å²) in [6.07, 6.45) is 1.59. The van der Waals surface area contributed by atoms with Crippen LogP contribution in [0.25, 0.3) is 0 Å². The van der Waals surface area contributed by atoms with Gasteiger partial charge in [-0.25, -0.2) is 13.8 Å². The molecule has 132 valence electrons. The van der Waals surface area contributed by atoms with Crippen LogP contribution in [0.1, 0.15) is 29.8 Å². The number of carbonyl (C=O) groups is 2. The number of benzene rings is 1. The van der Waals surface area contributed by atoms with Crippen molar-refractivity contribution in [1.29, 1.82) is 0 Å². The zero-order chi connectivity index (χ0) is 18.6. The second-order valence-corrected chi connectivity index (χ2v) is 6.00. The number of aryl methyl sites for hydroxylation is 1. The molecule has 0 aliphatic heterocycles. The molecule has 2 aromatic rings. The Bertz CT molecular complexity index is 756. The number of halogens is 2. The van der Waals surface area contributed by atoms with Crippen molar-refractivity contribution in [1.82, 2.24) is 10.3 Å². The number of carbonyl (C=O) groups excluding carboxylic acids is 2. The summed E-state index contributed by atoms with van der Waals surface area (Å²) in [4.78, 5) is 28.7. The van der Waals surface area contributed by atoms with Crippen LogP contribution in [0.15, 0.2) is 36.5 Å². The summed E-state index contributed by atoms with van der Waals surface area (Å²) in [7, 11) is 0. The van der Waals surface area contributed by atoms with Crippen LogP contribution in [0, 0.1) is 24.5 Å². The molecule has 0 aliphatic carbocycles. The van der Waals surface area contributed by atoms with Crippen molar-refractivity contribution >= 4 is 17.6 Å². The molecule has 0 saturated heterocycles. The normalized spacial score (nSPS) is 11.9. The third kappa shape index (κ3) is 4.59. The van der Waals surface area contributed by atoms with Crippen molar-refractivity contribution in [2.24, 2.45) is 5.92 Å². The van der Waals surface area contributed by atoms with E-state index in [2.05, 4.69) is 15.6 Å². The van der Waals surface area contributed by atoms with Gasteiger partial charge in [-0.3, -0.25) is 9.59 Å². The fraction of sp³-hybridized carbons (Fsp3) is 0.278. The predicted octanol–water partition coefficient (Wildman–Crippen LogP) is 3.06. The highest BCUT2D eigenvalue weighted by Gasteiger charge is 2.27. The Kier molecular flexibility index (Phi) is 5.80. The predicted molar refractivity (Wildman–Crippen MR) is 90.1 cm³/mol. The Balaban J connectivity index is 2.16. The van der Waals surface area contributed by atoms with Gasteiger partial charge in [-0.1, -0.05) is 26.0 Å². The molecule has 5 nitrogen and oxygen atoms in total. The molecule has 2 N–H and O–H groups in total. The van der Waals surface area contributed by atoms with Crippen molar-refractivity contribution in [3.05, 3.63) is 59.3 Å². The van der Waals surface area contributed by atoms with Crippen LogP contribution in [0.5, 0.6) is 0 Å². The molecule has 1 atom stereocenters. The Labute approximate surface area is 144 Å². The molecule has 0 fully saturated rings. The first-order valence-corrected chi connectivity index (χ1v) is 7.78.